The molecular formula is C21H22FNO2S. The van der Waals surface area contributed by atoms with Gasteiger partial charge in [-0.15, -0.1) is 0 Å². The van der Waals surface area contributed by atoms with Crippen LogP contribution in [-0.4, -0.2) is 35.4 Å². The molecule has 5 heteroatoms. The lowest BCUT2D eigenvalue weighted by atomic mass is 10.1. The first-order chi connectivity index (χ1) is 12.6. The molecule has 2 aromatic carbocycles. The van der Waals surface area contributed by atoms with Gasteiger partial charge in [-0.05, 0) is 12.5 Å². The average molecular weight is 371 g/mol. The number of carbonyl (C=O) groups excluding carboxylic acids is 2. The van der Waals surface area contributed by atoms with E-state index in [-0.39, 0.29) is 35.6 Å². The zero-order valence-electron chi connectivity index (χ0n) is 14.6. The maximum atomic E-state index is 14.0. The Hall–Kier alpha value is -2.14. The van der Waals surface area contributed by atoms with Crippen molar-refractivity contribution >= 4 is 23.5 Å². The van der Waals surface area contributed by atoms with E-state index in [0.29, 0.717) is 24.2 Å². The van der Waals surface area contributed by atoms with E-state index in [1.54, 1.807) is 30.0 Å². The minimum atomic E-state index is -0.182. The molecule has 0 spiro atoms. The second-order valence-corrected chi connectivity index (χ2v) is 7.65. The van der Waals surface area contributed by atoms with Crippen LogP contribution in [0, 0.1) is 5.82 Å². The predicted octanol–water partition coefficient (Wildman–Crippen LogP) is 4.50. The first-order valence-corrected chi connectivity index (χ1v) is 9.92. The number of ketones is 1. The summed E-state index contributed by atoms with van der Waals surface area (Å²) >= 11 is 1.69. The number of thioether (sulfide) groups is 1. The molecule has 1 heterocycles. The molecule has 136 valence electrons. The van der Waals surface area contributed by atoms with Gasteiger partial charge in [0.05, 0.1) is 0 Å². The molecule has 3 rings (SSSR count). The predicted molar refractivity (Wildman–Crippen MR) is 103 cm³/mol. The van der Waals surface area contributed by atoms with Crippen LogP contribution in [0.4, 0.5) is 4.39 Å². The van der Waals surface area contributed by atoms with Gasteiger partial charge in [-0.25, -0.2) is 4.39 Å². The standard InChI is InChI=1S/C21H22FNO2S/c22-18-9-5-4-8-17(18)20-12-13-23(14-15-26-20)21(25)11-10-19(24)16-6-2-1-3-7-16/h1-9,20H,10-15H2. The first kappa shape index (κ1) is 18.6. The normalized spacial score (nSPS) is 17.6. The van der Waals surface area contributed by atoms with Gasteiger partial charge in [0.25, 0.3) is 0 Å². The lowest BCUT2D eigenvalue weighted by Gasteiger charge is -2.20. The van der Waals surface area contributed by atoms with Gasteiger partial charge >= 0.3 is 0 Å². The highest BCUT2D eigenvalue weighted by Gasteiger charge is 2.24. The summed E-state index contributed by atoms with van der Waals surface area (Å²) in [6.07, 6.45) is 1.18. The number of hydrogen-bond acceptors (Lipinski definition) is 3. The van der Waals surface area contributed by atoms with E-state index >= 15 is 0 Å². The minimum Gasteiger partial charge on any atom is -0.342 e. The second kappa shape index (κ2) is 8.99. The number of rotatable bonds is 5. The summed E-state index contributed by atoms with van der Waals surface area (Å²) in [5, 5.41) is 0.0694. The Kier molecular flexibility index (Phi) is 6.45. The van der Waals surface area contributed by atoms with Crippen LogP contribution in [0.1, 0.15) is 40.4 Å². The van der Waals surface area contributed by atoms with Gasteiger partial charge in [-0.2, -0.15) is 11.8 Å². The fourth-order valence-corrected chi connectivity index (χ4v) is 4.40. The van der Waals surface area contributed by atoms with Crippen molar-refractivity contribution in [2.45, 2.75) is 24.5 Å². The van der Waals surface area contributed by atoms with Gasteiger partial charge < -0.3 is 4.90 Å². The highest BCUT2D eigenvalue weighted by molar-refractivity contribution is 7.99. The van der Waals surface area contributed by atoms with Crippen molar-refractivity contribution in [2.24, 2.45) is 0 Å². The third kappa shape index (κ3) is 4.73. The number of hydrogen-bond donors (Lipinski definition) is 0. The number of Topliss-reactive ketones (excluding diaryl/α,β-unsaturated/α-hetero) is 1. The van der Waals surface area contributed by atoms with Crippen LogP contribution < -0.4 is 0 Å². The summed E-state index contributed by atoms with van der Waals surface area (Å²) in [6.45, 7) is 1.25. The third-order valence-electron chi connectivity index (χ3n) is 4.61. The van der Waals surface area contributed by atoms with Crippen LogP contribution in [0.5, 0.6) is 0 Å². The van der Waals surface area contributed by atoms with Crippen molar-refractivity contribution in [3.05, 3.63) is 71.5 Å². The van der Waals surface area contributed by atoms with Crippen molar-refractivity contribution in [3.8, 4) is 0 Å². The van der Waals surface area contributed by atoms with Crippen LogP contribution in [0.25, 0.3) is 0 Å². The van der Waals surface area contributed by atoms with Crippen molar-refractivity contribution in [2.75, 3.05) is 18.8 Å². The molecule has 1 saturated heterocycles. The Bertz CT molecular complexity index is 766. The van der Waals surface area contributed by atoms with Gasteiger partial charge in [0.1, 0.15) is 5.82 Å². The van der Waals surface area contributed by atoms with E-state index in [9.17, 15) is 14.0 Å². The average Bonchev–Trinajstić information content (AvgIpc) is 2.93. The van der Waals surface area contributed by atoms with Gasteiger partial charge in [-0.3, -0.25) is 9.59 Å². The Morgan fingerprint density at radius 1 is 1.00 bits per heavy atom. The number of carbonyl (C=O) groups is 2. The number of benzene rings is 2. The fraction of sp³-hybridized carbons (Fsp3) is 0.333. The first-order valence-electron chi connectivity index (χ1n) is 8.87. The van der Waals surface area contributed by atoms with Crippen LogP contribution in [-0.2, 0) is 4.79 Å². The topological polar surface area (TPSA) is 37.4 Å². The Morgan fingerprint density at radius 3 is 2.50 bits per heavy atom. The number of nitrogens with zero attached hydrogens (tertiary/aromatic N) is 1. The molecule has 2 aromatic rings. The molecule has 3 nitrogen and oxygen atoms in total. The lowest BCUT2D eigenvalue weighted by Crippen LogP contribution is -2.33. The Labute approximate surface area is 157 Å². The Morgan fingerprint density at radius 2 is 1.73 bits per heavy atom. The fourth-order valence-electron chi connectivity index (χ4n) is 3.15. The van der Waals surface area contributed by atoms with E-state index in [1.807, 2.05) is 35.2 Å². The summed E-state index contributed by atoms with van der Waals surface area (Å²) in [6, 6.07) is 15.9. The molecular weight excluding hydrogens is 349 g/mol. The Balaban J connectivity index is 1.53. The maximum absolute atomic E-state index is 14.0. The van der Waals surface area contributed by atoms with E-state index in [0.717, 1.165) is 12.2 Å². The second-order valence-electron chi connectivity index (χ2n) is 6.34. The van der Waals surface area contributed by atoms with Crippen molar-refractivity contribution in [1.29, 1.82) is 0 Å². The van der Waals surface area contributed by atoms with Crippen LogP contribution >= 0.6 is 11.8 Å². The van der Waals surface area contributed by atoms with Gasteiger partial charge in [-0.1, -0.05) is 48.5 Å². The number of amides is 1. The minimum absolute atomic E-state index is 0.00376. The van der Waals surface area contributed by atoms with E-state index < -0.39 is 0 Å². The molecule has 1 fully saturated rings. The highest BCUT2D eigenvalue weighted by Crippen LogP contribution is 2.35. The number of halogens is 1. The maximum Gasteiger partial charge on any atom is 0.223 e. The van der Waals surface area contributed by atoms with Gasteiger partial charge in [0, 0.05) is 48.1 Å². The van der Waals surface area contributed by atoms with E-state index in [2.05, 4.69) is 0 Å². The summed E-state index contributed by atoms with van der Waals surface area (Å²) in [5.41, 5.74) is 1.36. The van der Waals surface area contributed by atoms with E-state index in [1.165, 1.54) is 6.07 Å². The largest absolute Gasteiger partial charge is 0.342 e. The summed E-state index contributed by atoms with van der Waals surface area (Å²) < 4.78 is 14.0. The molecule has 1 aliphatic heterocycles. The zero-order valence-corrected chi connectivity index (χ0v) is 15.4. The highest BCUT2D eigenvalue weighted by atomic mass is 32.2. The van der Waals surface area contributed by atoms with Gasteiger partial charge in [0.15, 0.2) is 5.78 Å². The van der Waals surface area contributed by atoms with Gasteiger partial charge in [0.2, 0.25) is 5.91 Å². The molecule has 0 saturated carbocycles. The molecule has 1 unspecified atom stereocenters. The molecule has 0 bridgehead atoms. The van der Waals surface area contributed by atoms with Crippen molar-refractivity contribution in [1.82, 2.24) is 4.90 Å². The summed E-state index contributed by atoms with van der Waals surface area (Å²) in [7, 11) is 0. The SMILES string of the molecule is O=C(CCC(=O)N1CCSC(c2ccccc2F)CC1)c1ccccc1. The van der Waals surface area contributed by atoms with Crippen LogP contribution in [0.15, 0.2) is 54.6 Å². The quantitative estimate of drug-likeness (QED) is 0.727. The molecule has 0 radical (unpaired) electrons. The summed E-state index contributed by atoms with van der Waals surface area (Å²) in [5.74, 6) is 0.590. The molecule has 0 aliphatic carbocycles. The summed E-state index contributed by atoms with van der Waals surface area (Å²) in [4.78, 5) is 26.5. The smallest absolute Gasteiger partial charge is 0.223 e. The molecule has 26 heavy (non-hydrogen) atoms. The molecule has 0 N–H and O–H groups in total. The monoisotopic (exact) mass is 371 g/mol. The van der Waals surface area contributed by atoms with Crippen LogP contribution in [0.3, 0.4) is 0 Å². The van der Waals surface area contributed by atoms with E-state index in [4.69, 9.17) is 0 Å². The van der Waals surface area contributed by atoms with Crippen LogP contribution in [0.2, 0.25) is 0 Å². The molecule has 1 atom stereocenters. The lowest BCUT2D eigenvalue weighted by molar-refractivity contribution is -0.130. The van der Waals surface area contributed by atoms with Crippen molar-refractivity contribution in [3.63, 3.8) is 0 Å². The zero-order chi connectivity index (χ0) is 18.4. The molecule has 1 aliphatic rings. The third-order valence-corrected chi connectivity index (χ3v) is 5.92. The van der Waals surface area contributed by atoms with Crippen molar-refractivity contribution < 1.29 is 14.0 Å². The molecule has 1 amide bonds. The molecule has 0 aromatic heterocycles.